The van der Waals surface area contributed by atoms with Gasteiger partial charge in [0.25, 0.3) is 0 Å². The van der Waals surface area contributed by atoms with Crippen molar-refractivity contribution >= 4 is 22.4 Å². The summed E-state index contributed by atoms with van der Waals surface area (Å²) in [6, 6.07) is 20.9. The highest BCUT2D eigenvalue weighted by atomic mass is 16.5. The second-order valence-corrected chi connectivity index (χ2v) is 8.23. The number of hydrogen-bond acceptors (Lipinski definition) is 6. The number of rotatable bonds is 6. The van der Waals surface area contributed by atoms with Gasteiger partial charge in [0.15, 0.2) is 0 Å². The largest absolute Gasteiger partial charge is 0.497 e. The van der Waals surface area contributed by atoms with Crippen LogP contribution in [0, 0.1) is 6.92 Å². The first-order valence-electron chi connectivity index (χ1n) is 11.3. The average Bonchev–Trinajstić information content (AvgIpc) is 2.88. The zero-order chi connectivity index (χ0) is 22.6. The van der Waals surface area contributed by atoms with E-state index in [0.29, 0.717) is 12.5 Å². The number of methoxy groups -OCH3 is 1. The zero-order valence-corrected chi connectivity index (χ0v) is 19.0. The molecule has 0 spiro atoms. The molecule has 1 saturated heterocycles. The summed E-state index contributed by atoms with van der Waals surface area (Å²) in [5.41, 5.74) is 5.62. The Morgan fingerprint density at radius 1 is 1.03 bits per heavy atom. The molecule has 0 saturated carbocycles. The third kappa shape index (κ3) is 4.61. The van der Waals surface area contributed by atoms with Gasteiger partial charge < -0.3 is 19.7 Å². The molecule has 0 aliphatic carbocycles. The summed E-state index contributed by atoms with van der Waals surface area (Å²) in [5.74, 6) is 1.48. The van der Waals surface area contributed by atoms with Crippen LogP contribution in [0.1, 0.15) is 11.1 Å². The van der Waals surface area contributed by atoms with Gasteiger partial charge in [0.1, 0.15) is 5.75 Å². The second kappa shape index (κ2) is 9.46. The molecular formula is C27H28N4O2. The molecule has 0 amide bonds. The van der Waals surface area contributed by atoms with Gasteiger partial charge in [-0.2, -0.15) is 0 Å². The van der Waals surface area contributed by atoms with Gasteiger partial charge in [-0.15, -0.1) is 0 Å². The fourth-order valence-electron chi connectivity index (χ4n) is 4.25. The van der Waals surface area contributed by atoms with Crippen molar-refractivity contribution in [2.24, 2.45) is 0 Å². The number of anilines is 2. The van der Waals surface area contributed by atoms with E-state index in [1.807, 2.05) is 18.3 Å². The number of aryl methyl sites for hydroxylation is 1. The highest BCUT2D eigenvalue weighted by Crippen LogP contribution is 2.35. The molecule has 0 radical (unpaired) electrons. The Kier molecular flexibility index (Phi) is 6.09. The first-order valence-corrected chi connectivity index (χ1v) is 11.3. The summed E-state index contributed by atoms with van der Waals surface area (Å²) >= 11 is 0. The lowest BCUT2D eigenvalue weighted by atomic mass is 10.0. The van der Waals surface area contributed by atoms with Crippen LogP contribution in [0.3, 0.4) is 0 Å². The van der Waals surface area contributed by atoms with Crippen LogP contribution in [-0.2, 0) is 11.3 Å². The summed E-state index contributed by atoms with van der Waals surface area (Å²) in [6.45, 7) is 6.00. The van der Waals surface area contributed by atoms with Gasteiger partial charge in [0, 0.05) is 42.5 Å². The van der Waals surface area contributed by atoms with Crippen molar-refractivity contribution in [1.82, 2.24) is 9.97 Å². The van der Waals surface area contributed by atoms with Gasteiger partial charge in [0.2, 0.25) is 5.95 Å². The first-order chi connectivity index (χ1) is 16.2. The molecule has 6 heteroatoms. The smallest absolute Gasteiger partial charge is 0.223 e. The number of benzene rings is 3. The molecule has 1 N–H and O–H groups in total. The van der Waals surface area contributed by atoms with E-state index in [4.69, 9.17) is 14.5 Å². The molecule has 0 bridgehead atoms. The molecule has 4 aromatic rings. The van der Waals surface area contributed by atoms with Gasteiger partial charge in [-0.1, -0.05) is 30.3 Å². The van der Waals surface area contributed by atoms with Crippen molar-refractivity contribution in [3.05, 3.63) is 78.0 Å². The van der Waals surface area contributed by atoms with Crippen LogP contribution in [-0.4, -0.2) is 43.4 Å². The third-order valence-electron chi connectivity index (χ3n) is 6.14. The number of ether oxygens (including phenoxy) is 2. The Bertz CT molecular complexity index is 1270. The van der Waals surface area contributed by atoms with E-state index in [1.54, 1.807) is 7.11 Å². The lowest BCUT2D eigenvalue weighted by Crippen LogP contribution is -2.36. The van der Waals surface area contributed by atoms with Crippen LogP contribution >= 0.6 is 0 Å². The number of nitrogens with one attached hydrogen (secondary N) is 1. The second-order valence-electron chi connectivity index (χ2n) is 8.23. The number of morpholine rings is 1. The number of aromatic nitrogens is 2. The summed E-state index contributed by atoms with van der Waals surface area (Å²) in [6.07, 6.45) is 1.81. The van der Waals surface area contributed by atoms with Gasteiger partial charge >= 0.3 is 0 Å². The highest BCUT2D eigenvalue weighted by Gasteiger charge is 2.17. The predicted octanol–water partition coefficient (Wildman–Crippen LogP) is 5.06. The molecule has 2 heterocycles. The number of fused-ring (bicyclic) bond motifs is 1. The summed E-state index contributed by atoms with van der Waals surface area (Å²) in [4.78, 5) is 11.6. The maximum absolute atomic E-state index is 5.59. The standard InChI is InChI=1S/C27H28N4O2/c1-19-5-3-4-6-21(19)18-29-27-28-10-9-25(30-27)22-15-20-7-8-23(32-2)17-24(20)26(16-22)31-11-13-33-14-12-31/h3-10,15-17H,11-14,18H2,1-2H3,(H,28,29,30). The van der Waals surface area contributed by atoms with Crippen LogP contribution in [0.2, 0.25) is 0 Å². The maximum atomic E-state index is 5.59. The minimum Gasteiger partial charge on any atom is -0.497 e. The first kappa shape index (κ1) is 21.2. The molecule has 1 aliphatic rings. The number of nitrogens with zero attached hydrogens (tertiary/aromatic N) is 3. The zero-order valence-electron chi connectivity index (χ0n) is 19.0. The van der Waals surface area contributed by atoms with Gasteiger partial charge in [-0.3, -0.25) is 0 Å². The van der Waals surface area contributed by atoms with E-state index in [-0.39, 0.29) is 0 Å². The Hall–Kier alpha value is -3.64. The predicted molar refractivity (Wildman–Crippen MR) is 133 cm³/mol. The lowest BCUT2D eigenvalue weighted by Gasteiger charge is -2.30. The van der Waals surface area contributed by atoms with Crippen molar-refractivity contribution < 1.29 is 9.47 Å². The van der Waals surface area contributed by atoms with Gasteiger partial charge in [0.05, 0.1) is 26.0 Å². The van der Waals surface area contributed by atoms with Gasteiger partial charge in [-0.25, -0.2) is 9.97 Å². The normalized spacial score (nSPS) is 13.8. The van der Waals surface area contributed by atoms with Crippen LogP contribution in [0.5, 0.6) is 5.75 Å². The van der Waals surface area contributed by atoms with Crippen molar-refractivity contribution in [2.75, 3.05) is 43.6 Å². The van der Waals surface area contributed by atoms with E-state index in [1.165, 1.54) is 22.2 Å². The molecule has 0 unspecified atom stereocenters. The fraction of sp³-hybridized carbons (Fsp3) is 0.259. The molecule has 6 nitrogen and oxygen atoms in total. The fourth-order valence-corrected chi connectivity index (χ4v) is 4.25. The third-order valence-corrected chi connectivity index (χ3v) is 6.14. The van der Waals surface area contributed by atoms with E-state index in [2.05, 4.69) is 70.7 Å². The highest BCUT2D eigenvalue weighted by molar-refractivity contribution is 5.98. The van der Waals surface area contributed by atoms with E-state index < -0.39 is 0 Å². The van der Waals surface area contributed by atoms with Crippen molar-refractivity contribution in [1.29, 1.82) is 0 Å². The number of hydrogen-bond donors (Lipinski definition) is 1. The van der Waals surface area contributed by atoms with Crippen LogP contribution in [0.25, 0.3) is 22.0 Å². The lowest BCUT2D eigenvalue weighted by molar-refractivity contribution is 0.123. The summed E-state index contributed by atoms with van der Waals surface area (Å²) in [7, 11) is 1.70. The molecule has 0 atom stereocenters. The molecule has 1 fully saturated rings. The Morgan fingerprint density at radius 2 is 1.88 bits per heavy atom. The SMILES string of the molecule is COc1ccc2cc(-c3ccnc(NCc4ccccc4C)n3)cc(N3CCOCC3)c2c1. The molecule has 3 aromatic carbocycles. The van der Waals surface area contributed by atoms with Crippen LogP contribution < -0.4 is 15.0 Å². The van der Waals surface area contributed by atoms with Crippen molar-refractivity contribution in [3.63, 3.8) is 0 Å². The molecule has 1 aliphatic heterocycles. The van der Waals surface area contributed by atoms with Crippen molar-refractivity contribution in [2.45, 2.75) is 13.5 Å². The monoisotopic (exact) mass is 440 g/mol. The molecule has 33 heavy (non-hydrogen) atoms. The van der Waals surface area contributed by atoms with E-state index in [9.17, 15) is 0 Å². The summed E-state index contributed by atoms with van der Waals surface area (Å²) < 4.78 is 11.1. The minimum atomic E-state index is 0.624. The minimum absolute atomic E-state index is 0.624. The van der Waals surface area contributed by atoms with Crippen LogP contribution in [0.4, 0.5) is 11.6 Å². The Labute approximate surface area is 194 Å². The molecule has 168 valence electrons. The summed E-state index contributed by atoms with van der Waals surface area (Å²) in [5, 5.41) is 5.70. The molecular weight excluding hydrogens is 412 g/mol. The van der Waals surface area contributed by atoms with Gasteiger partial charge in [-0.05, 0) is 53.8 Å². The molecule has 5 rings (SSSR count). The van der Waals surface area contributed by atoms with Crippen molar-refractivity contribution in [3.8, 4) is 17.0 Å². The average molecular weight is 441 g/mol. The Balaban J connectivity index is 1.50. The van der Waals surface area contributed by atoms with E-state index >= 15 is 0 Å². The van der Waals surface area contributed by atoms with E-state index in [0.717, 1.165) is 48.7 Å². The maximum Gasteiger partial charge on any atom is 0.223 e. The topological polar surface area (TPSA) is 59.5 Å². The quantitative estimate of drug-likeness (QED) is 0.452. The molecule has 1 aromatic heterocycles. The van der Waals surface area contributed by atoms with Crippen LogP contribution in [0.15, 0.2) is 66.9 Å². The Morgan fingerprint density at radius 3 is 2.70 bits per heavy atom.